The fourth-order valence-corrected chi connectivity index (χ4v) is 2.31. The molecule has 4 nitrogen and oxygen atoms in total. The van der Waals surface area contributed by atoms with Crippen LogP contribution in [0.5, 0.6) is 0 Å². The normalized spacial score (nSPS) is 11.4. The topological polar surface area (TPSA) is 61.8 Å². The lowest BCUT2D eigenvalue weighted by Gasteiger charge is -2.22. The molecule has 0 spiro atoms. The average Bonchev–Trinajstić information content (AvgIpc) is 2.46. The van der Waals surface area contributed by atoms with Gasteiger partial charge in [-0.15, -0.1) is 0 Å². The number of aryl methyl sites for hydroxylation is 1. The molecule has 5 heteroatoms. The largest absolute Gasteiger partial charge is 0.409 e. The number of amidine groups is 1. The molecule has 0 bridgehead atoms. The second kappa shape index (κ2) is 5.96. The monoisotopic (exact) mass is 333 g/mol. The van der Waals surface area contributed by atoms with Gasteiger partial charge >= 0.3 is 0 Å². The second-order valence-corrected chi connectivity index (χ2v) is 5.46. The Bertz CT molecular complexity index is 638. The van der Waals surface area contributed by atoms with Gasteiger partial charge in [-0.05, 0) is 37.3 Å². The summed E-state index contributed by atoms with van der Waals surface area (Å²) in [4.78, 5) is 2.00. The van der Waals surface area contributed by atoms with E-state index in [1.54, 1.807) is 0 Å². The van der Waals surface area contributed by atoms with E-state index in [1.807, 2.05) is 61.3 Å². The van der Waals surface area contributed by atoms with Crippen LogP contribution in [0.2, 0.25) is 0 Å². The summed E-state index contributed by atoms with van der Waals surface area (Å²) in [5.41, 5.74) is 9.51. The van der Waals surface area contributed by atoms with Gasteiger partial charge in [0.05, 0.1) is 5.69 Å². The van der Waals surface area contributed by atoms with Crippen LogP contribution in [0.4, 0.5) is 11.4 Å². The molecule has 0 atom stereocenters. The van der Waals surface area contributed by atoms with Crippen LogP contribution < -0.4 is 10.6 Å². The van der Waals surface area contributed by atoms with Gasteiger partial charge in [0.15, 0.2) is 5.84 Å². The lowest BCUT2D eigenvalue weighted by Crippen LogP contribution is -2.19. The molecule has 2 aromatic rings. The summed E-state index contributed by atoms with van der Waals surface area (Å²) in [5.74, 6) is 0.0893. The Kier molecular flexibility index (Phi) is 4.29. The maximum Gasteiger partial charge on any atom is 0.172 e. The highest BCUT2D eigenvalue weighted by molar-refractivity contribution is 9.10. The minimum absolute atomic E-state index is 0.0893. The summed E-state index contributed by atoms with van der Waals surface area (Å²) >= 11 is 3.45. The number of hydrogen-bond donors (Lipinski definition) is 2. The zero-order valence-corrected chi connectivity index (χ0v) is 12.9. The Morgan fingerprint density at radius 1 is 1.20 bits per heavy atom. The van der Waals surface area contributed by atoms with Crippen molar-refractivity contribution in [2.45, 2.75) is 6.92 Å². The Hall–Kier alpha value is -2.01. The Morgan fingerprint density at radius 2 is 1.85 bits per heavy atom. The van der Waals surface area contributed by atoms with Gasteiger partial charge in [-0.1, -0.05) is 38.8 Å². The van der Waals surface area contributed by atoms with Gasteiger partial charge in [0.25, 0.3) is 0 Å². The number of halogens is 1. The smallest absolute Gasteiger partial charge is 0.172 e. The summed E-state index contributed by atoms with van der Waals surface area (Å²) in [7, 11) is 1.95. The fourth-order valence-electron chi connectivity index (χ4n) is 1.96. The summed E-state index contributed by atoms with van der Waals surface area (Å²) in [6.45, 7) is 2.05. The second-order valence-electron chi connectivity index (χ2n) is 4.54. The molecule has 0 radical (unpaired) electrons. The Labute approximate surface area is 126 Å². The molecule has 3 N–H and O–H groups in total. The number of benzene rings is 2. The van der Waals surface area contributed by atoms with Crippen LogP contribution in [0, 0.1) is 6.92 Å². The first-order chi connectivity index (χ1) is 9.52. The summed E-state index contributed by atoms with van der Waals surface area (Å²) in [6.07, 6.45) is 0. The first-order valence-electron chi connectivity index (χ1n) is 6.11. The lowest BCUT2D eigenvalue weighted by molar-refractivity contribution is 0.318. The molecule has 0 fully saturated rings. The molecule has 0 unspecified atom stereocenters. The van der Waals surface area contributed by atoms with E-state index in [0.29, 0.717) is 5.56 Å². The van der Waals surface area contributed by atoms with Crippen molar-refractivity contribution in [2.75, 3.05) is 11.9 Å². The summed E-state index contributed by atoms with van der Waals surface area (Å²) in [5, 5.41) is 12.0. The van der Waals surface area contributed by atoms with Crippen LogP contribution in [0.1, 0.15) is 11.1 Å². The van der Waals surface area contributed by atoms with E-state index in [1.165, 1.54) is 5.56 Å². The summed E-state index contributed by atoms with van der Waals surface area (Å²) in [6, 6.07) is 13.8. The van der Waals surface area contributed by atoms with Gasteiger partial charge in [-0.2, -0.15) is 0 Å². The van der Waals surface area contributed by atoms with Crippen molar-refractivity contribution in [2.24, 2.45) is 10.9 Å². The van der Waals surface area contributed by atoms with Crippen LogP contribution >= 0.6 is 15.9 Å². The molecule has 0 saturated carbocycles. The SMILES string of the molecule is Cc1ccc(N(C)c2cc(Br)ccc2/C(N)=N/O)cc1. The van der Waals surface area contributed by atoms with Gasteiger partial charge < -0.3 is 15.8 Å². The Morgan fingerprint density at radius 3 is 2.45 bits per heavy atom. The Balaban J connectivity index is 2.50. The van der Waals surface area contributed by atoms with E-state index in [0.717, 1.165) is 15.8 Å². The van der Waals surface area contributed by atoms with E-state index in [2.05, 4.69) is 21.1 Å². The number of anilines is 2. The quantitative estimate of drug-likeness (QED) is 0.390. The van der Waals surface area contributed by atoms with E-state index < -0.39 is 0 Å². The minimum atomic E-state index is 0.0893. The van der Waals surface area contributed by atoms with Gasteiger partial charge in [0.2, 0.25) is 0 Å². The van der Waals surface area contributed by atoms with Gasteiger partial charge in [0, 0.05) is 22.8 Å². The van der Waals surface area contributed by atoms with E-state index in [-0.39, 0.29) is 5.84 Å². The molecule has 2 rings (SSSR count). The molecular formula is C15H16BrN3O. The first-order valence-corrected chi connectivity index (χ1v) is 6.90. The minimum Gasteiger partial charge on any atom is -0.409 e. The number of nitrogens with two attached hydrogens (primary N) is 1. The molecule has 0 saturated heterocycles. The maximum absolute atomic E-state index is 8.90. The van der Waals surface area contributed by atoms with Gasteiger partial charge in [0.1, 0.15) is 0 Å². The van der Waals surface area contributed by atoms with Gasteiger partial charge in [-0.3, -0.25) is 0 Å². The first kappa shape index (κ1) is 14.4. The number of nitrogens with zero attached hydrogens (tertiary/aromatic N) is 2. The maximum atomic E-state index is 8.90. The van der Waals surface area contributed by atoms with Crippen molar-refractivity contribution in [1.82, 2.24) is 0 Å². The predicted octanol–water partition coefficient (Wildman–Crippen LogP) is 3.62. The van der Waals surface area contributed by atoms with Crippen molar-refractivity contribution in [1.29, 1.82) is 0 Å². The van der Waals surface area contributed by atoms with Crippen molar-refractivity contribution in [3.05, 3.63) is 58.1 Å². The van der Waals surface area contributed by atoms with Crippen LogP contribution in [0.15, 0.2) is 52.1 Å². The lowest BCUT2D eigenvalue weighted by atomic mass is 10.1. The highest BCUT2D eigenvalue weighted by atomic mass is 79.9. The van der Waals surface area contributed by atoms with Crippen LogP contribution in [-0.2, 0) is 0 Å². The third kappa shape index (κ3) is 2.93. The molecule has 0 heterocycles. The molecule has 0 amide bonds. The molecule has 0 aliphatic carbocycles. The summed E-state index contributed by atoms with van der Waals surface area (Å²) < 4.78 is 0.931. The molecule has 20 heavy (non-hydrogen) atoms. The molecule has 0 aromatic heterocycles. The van der Waals surface area contributed by atoms with Crippen LogP contribution in [0.25, 0.3) is 0 Å². The zero-order chi connectivity index (χ0) is 14.7. The highest BCUT2D eigenvalue weighted by Gasteiger charge is 2.13. The molecule has 2 aromatic carbocycles. The average molecular weight is 334 g/mol. The molecule has 104 valence electrons. The standard InChI is InChI=1S/C15H16BrN3O/c1-10-3-6-12(7-4-10)19(2)14-9-11(16)5-8-13(14)15(17)18-20/h3-9,20H,1-2H3,(H2,17,18). The molecule has 0 aliphatic heterocycles. The van der Waals surface area contributed by atoms with E-state index in [4.69, 9.17) is 10.9 Å². The number of hydrogen-bond acceptors (Lipinski definition) is 3. The van der Waals surface area contributed by atoms with Crippen molar-refractivity contribution in [3.63, 3.8) is 0 Å². The molecule has 0 aliphatic rings. The predicted molar refractivity (Wildman–Crippen MR) is 85.9 cm³/mol. The third-order valence-corrected chi connectivity index (χ3v) is 3.62. The number of rotatable bonds is 3. The van der Waals surface area contributed by atoms with Crippen molar-refractivity contribution in [3.8, 4) is 0 Å². The van der Waals surface area contributed by atoms with Crippen molar-refractivity contribution >= 4 is 33.1 Å². The van der Waals surface area contributed by atoms with Gasteiger partial charge in [-0.25, -0.2) is 0 Å². The van der Waals surface area contributed by atoms with E-state index >= 15 is 0 Å². The van der Waals surface area contributed by atoms with Crippen molar-refractivity contribution < 1.29 is 5.21 Å². The van der Waals surface area contributed by atoms with Crippen LogP contribution in [-0.4, -0.2) is 18.1 Å². The zero-order valence-electron chi connectivity index (χ0n) is 11.3. The van der Waals surface area contributed by atoms with Crippen LogP contribution in [0.3, 0.4) is 0 Å². The highest BCUT2D eigenvalue weighted by Crippen LogP contribution is 2.30. The van der Waals surface area contributed by atoms with E-state index in [9.17, 15) is 0 Å². The fraction of sp³-hybridized carbons (Fsp3) is 0.133. The number of oxime groups is 1. The molecular weight excluding hydrogens is 318 g/mol. The third-order valence-electron chi connectivity index (χ3n) is 3.13.